The van der Waals surface area contributed by atoms with Crippen molar-refractivity contribution in [1.82, 2.24) is 10.0 Å². The van der Waals surface area contributed by atoms with Gasteiger partial charge in [0.15, 0.2) is 0 Å². The third kappa shape index (κ3) is 5.37. The van der Waals surface area contributed by atoms with Gasteiger partial charge in [-0.15, -0.1) is 6.58 Å². The molecule has 0 heterocycles. The largest absolute Gasteiger partial charge is 0.490 e. The number of benzene rings is 1. The molecule has 0 radical (unpaired) electrons. The van der Waals surface area contributed by atoms with Gasteiger partial charge in [-0.1, -0.05) is 6.08 Å². The summed E-state index contributed by atoms with van der Waals surface area (Å²) in [5, 5.41) is 2.50. The topological polar surface area (TPSA) is 84.5 Å². The van der Waals surface area contributed by atoms with Crippen molar-refractivity contribution in [3.8, 4) is 5.75 Å². The molecular weight excluding hydrogens is 316 g/mol. The molecule has 2 rings (SSSR count). The van der Waals surface area contributed by atoms with E-state index in [0.717, 1.165) is 12.8 Å². The van der Waals surface area contributed by atoms with Gasteiger partial charge in [0.05, 0.1) is 17.5 Å². The van der Waals surface area contributed by atoms with Crippen LogP contribution in [0.3, 0.4) is 0 Å². The van der Waals surface area contributed by atoms with Crippen molar-refractivity contribution >= 4 is 15.9 Å². The number of sulfonamides is 1. The van der Waals surface area contributed by atoms with Gasteiger partial charge in [-0.05, 0) is 49.9 Å². The van der Waals surface area contributed by atoms with Crippen LogP contribution in [0.25, 0.3) is 0 Å². The van der Waals surface area contributed by atoms with Gasteiger partial charge in [0, 0.05) is 6.54 Å². The van der Waals surface area contributed by atoms with Crippen LogP contribution in [-0.2, 0) is 14.8 Å². The SMILES string of the molecule is C=CCNC(=O)CNS(=O)(=O)c1ccc(OC2CCCC2)cc1. The molecule has 1 aromatic carbocycles. The molecule has 1 amide bonds. The van der Waals surface area contributed by atoms with E-state index in [0.29, 0.717) is 12.3 Å². The Morgan fingerprint density at radius 2 is 1.91 bits per heavy atom. The zero-order valence-corrected chi connectivity index (χ0v) is 13.8. The summed E-state index contributed by atoms with van der Waals surface area (Å²) in [6.45, 7) is 3.46. The minimum absolute atomic E-state index is 0.104. The summed E-state index contributed by atoms with van der Waals surface area (Å²) >= 11 is 0. The molecule has 1 aliphatic rings. The second-order valence-electron chi connectivity index (χ2n) is 5.41. The summed E-state index contributed by atoms with van der Waals surface area (Å²) in [6, 6.07) is 6.25. The Kier molecular flexibility index (Phi) is 6.18. The lowest BCUT2D eigenvalue weighted by Gasteiger charge is -2.13. The lowest BCUT2D eigenvalue weighted by atomic mass is 10.3. The maximum absolute atomic E-state index is 12.1. The first-order valence-electron chi connectivity index (χ1n) is 7.65. The fourth-order valence-electron chi connectivity index (χ4n) is 2.39. The number of hydrogen-bond acceptors (Lipinski definition) is 4. The number of carbonyl (C=O) groups is 1. The summed E-state index contributed by atoms with van der Waals surface area (Å²) in [4.78, 5) is 11.5. The number of carbonyl (C=O) groups excluding carboxylic acids is 1. The molecule has 0 aromatic heterocycles. The van der Waals surface area contributed by atoms with Crippen LogP contribution in [0.15, 0.2) is 41.8 Å². The number of hydrogen-bond donors (Lipinski definition) is 2. The lowest BCUT2D eigenvalue weighted by molar-refractivity contribution is -0.119. The summed E-state index contributed by atoms with van der Waals surface area (Å²) in [5.74, 6) is 0.259. The summed E-state index contributed by atoms with van der Waals surface area (Å²) < 4.78 is 32.3. The van der Waals surface area contributed by atoms with Crippen LogP contribution >= 0.6 is 0 Å². The Balaban J connectivity index is 1.91. The second kappa shape index (κ2) is 8.12. The predicted molar refractivity (Wildman–Crippen MR) is 87.7 cm³/mol. The maximum atomic E-state index is 12.1. The molecule has 7 heteroatoms. The van der Waals surface area contributed by atoms with E-state index >= 15 is 0 Å². The summed E-state index contributed by atoms with van der Waals surface area (Å²) in [6.07, 6.45) is 6.19. The monoisotopic (exact) mass is 338 g/mol. The van der Waals surface area contributed by atoms with Gasteiger partial charge in [-0.3, -0.25) is 4.79 Å². The van der Waals surface area contributed by atoms with Gasteiger partial charge in [0.25, 0.3) is 0 Å². The van der Waals surface area contributed by atoms with Crippen molar-refractivity contribution in [2.45, 2.75) is 36.7 Å². The average Bonchev–Trinajstić information content (AvgIpc) is 3.04. The highest BCUT2D eigenvalue weighted by Crippen LogP contribution is 2.24. The molecule has 1 fully saturated rings. The molecule has 0 bridgehead atoms. The van der Waals surface area contributed by atoms with Gasteiger partial charge >= 0.3 is 0 Å². The van der Waals surface area contributed by atoms with E-state index in [4.69, 9.17) is 4.74 Å². The molecule has 2 N–H and O–H groups in total. The van der Waals surface area contributed by atoms with Crippen LogP contribution in [-0.4, -0.2) is 33.5 Å². The van der Waals surface area contributed by atoms with E-state index in [1.165, 1.54) is 31.1 Å². The molecule has 126 valence electrons. The molecule has 0 aliphatic heterocycles. The van der Waals surface area contributed by atoms with Gasteiger partial charge in [-0.2, -0.15) is 0 Å². The Morgan fingerprint density at radius 3 is 2.52 bits per heavy atom. The Hall–Kier alpha value is -1.86. The van der Waals surface area contributed by atoms with Crippen LogP contribution in [0.2, 0.25) is 0 Å². The molecule has 0 spiro atoms. The molecular formula is C16H22N2O4S. The quantitative estimate of drug-likeness (QED) is 0.705. The summed E-state index contributed by atoms with van der Waals surface area (Å²) in [5.41, 5.74) is 0. The van der Waals surface area contributed by atoms with Crippen LogP contribution in [0, 0.1) is 0 Å². The van der Waals surface area contributed by atoms with Crippen LogP contribution in [0.5, 0.6) is 5.75 Å². The molecule has 0 saturated heterocycles. The van der Waals surface area contributed by atoms with Gasteiger partial charge in [0.1, 0.15) is 5.75 Å². The fourth-order valence-corrected chi connectivity index (χ4v) is 3.37. The van der Waals surface area contributed by atoms with Crippen molar-refractivity contribution in [2.24, 2.45) is 0 Å². The van der Waals surface area contributed by atoms with E-state index in [1.807, 2.05) is 0 Å². The van der Waals surface area contributed by atoms with E-state index in [1.54, 1.807) is 12.1 Å². The third-order valence-electron chi connectivity index (χ3n) is 3.61. The number of ether oxygens (including phenoxy) is 1. The number of nitrogens with one attached hydrogen (secondary N) is 2. The first-order valence-corrected chi connectivity index (χ1v) is 9.13. The molecule has 23 heavy (non-hydrogen) atoms. The lowest BCUT2D eigenvalue weighted by Crippen LogP contribution is -2.36. The minimum Gasteiger partial charge on any atom is -0.490 e. The van der Waals surface area contributed by atoms with E-state index in [9.17, 15) is 13.2 Å². The van der Waals surface area contributed by atoms with Crippen molar-refractivity contribution in [2.75, 3.05) is 13.1 Å². The standard InChI is InChI=1S/C16H22N2O4S/c1-2-11-17-16(19)12-18-23(20,21)15-9-7-14(8-10-15)22-13-5-3-4-6-13/h2,7-10,13,18H,1,3-6,11-12H2,(H,17,19). The zero-order chi connectivity index (χ0) is 16.7. The molecule has 0 atom stereocenters. The van der Waals surface area contributed by atoms with Crippen LogP contribution < -0.4 is 14.8 Å². The van der Waals surface area contributed by atoms with Crippen LogP contribution in [0.4, 0.5) is 0 Å². The highest BCUT2D eigenvalue weighted by Gasteiger charge is 2.18. The van der Waals surface area contributed by atoms with Crippen molar-refractivity contribution < 1.29 is 17.9 Å². The summed E-state index contributed by atoms with van der Waals surface area (Å²) in [7, 11) is -3.72. The normalized spacial score (nSPS) is 15.3. The molecule has 1 aromatic rings. The van der Waals surface area contributed by atoms with E-state index < -0.39 is 15.9 Å². The Labute approximate surface area is 137 Å². The van der Waals surface area contributed by atoms with Gasteiger partial charge in [0.2, 0.25) is 15.9 Å². The zero-order valence-electron chi connectivity index (χ0n) is 13.0. The van der Waals surface area contributed by atoms with Crippen LogP contribution in [0.1, 0.15) is 25.7 Å². The molecule has 1 saturated carbocycles. The van der Waals surface area contributed by atoms with Crippen molar-refractivity contribution in [1.29, 1.82) is 0 Å². The first-order chi connectivity index (χ1) is 11.0. The van der Waals surface area contributed by atoms with E-state index in [-0.39, 0.29) is 17.5 Å². The van der Waals surface area contributed by atoms with Gasteiger partial charge < -0.3 is 10.1 Å². The third-order valence-corrected chi connectivity index (χ3v) is 5.02. The molecule has 6 nitrogen and oxygen atoms in total. The second-order valence-corrected chi connectivity index (χ2v) is 7.18. The highest BCUT2D eigenvalue weighted by molar-refractivity contribution is 7.89. The fraction of sp³-hybridized carbons (Fsp3) is 0.438. The average molecular weight is 338 g/mol. The smallest absolute Gasteiger partial charge is 0.241 e. The maximum Gasteiger partial charge on any atom is 0.241 e. The number of amides is 1. The van der Waals surface area contributed by atoms with Crippen molar-refractivity contribution in [3.05, 3.63) is 36.9 Å². The minimum atomic E-state index is -3.72. The molecule has 0 unspecified atom stereocenters. The Morgan fingerprint density at radius 1 is 1.26 bits per heavy atom. The first kappa shape index (κ1) is 17.5. The van der Waals surface area contributed by atoms with Crippen molar-refractivity contribution in [3.63, 3.8) is 0 Å². The van der Waals surface area contributed by atoms with Gasteiger partial charge in [-0.25, -0.2) is 13.1 Å². The number of rotatable bonds is 8. The van der Waals surface area contributed by atoms with E-state index in [2.05, 4.69) is 16.6 Å². The molecule has 1 aliphatic carbocycles. The predicted octanol–water partition coefficient (Wildman–Crippen LogP) is 1.59. The Bertz CT molecular complexity index is 635. The highest BCUT2D eigenvalue weighted by atomic mass is 32.2.